The molecule has 1 aliphatic rings. The smallest absolute Gasteiger partial charge is 0.407 e. The van der Waals surface area contributed by atoms with Crippen molar-refractivity contribution in [1.29, 1.82) is 0 Å². The lowest BCUT2D eigenvalue weighted by molar-refractivity contribution is 0.112. The highest BCUT2D eigenvalue weighted by atomic mass is 16.4. The Morgan fingerprint density at radius 1 is 1.30 bits per heavy atom. The Bertz CT molecular complexity index is 983. The van der Waals surface area contributed by atoms with Crippen LogP contribution in [0.15, 0.2) is 36.7 Å². The molecule has 1 aliphatic heterocycles. The van der Waals surface area contributed by atoms with Crippen molar-refractivity contribution in [2.75, 3.05) is 31.1 Å². The molecule has 2 aromatic heterocycles. The second-order valence-corrected chi connectivity index (χ2v) is 6.62. The normalized spacial score (nSPS) is 17.3. The number of carboxylic acid groups (broad SMARTS) is 1. The minimum absolute atomic E-state index is 0.176. The predicted octanol–water partition coefficient (Wildman–Crippen LogP) is 1.06. The Labute approximate surface area is 155 Å². The van der Waals surface area contributed by atoms with Crippen LogP contribution in [0.4, 0.5) is 16.3 Å². The summed E-state index contributed by atoms with van der Waals surface area (Å²) in [6.07, 6.45) is 1.02. The van der Waals surface area contributed by atoms with Crippen molar-refractivity contribution < 1.29 is 9.90 Å². The van der Waals surface area contributed by atoms with E-state index in [1.54, 1.807) is 4.52 Å². The first kappa shape index (κ1) is 17.1. The molecule has 1 saturated heterocycles. The Kier molecular flexibility index (Phi) is 4.28. The Morgan fingerprint density at radius 2 is 2.07 bits per heavy atom. The number of fused-ring (bicyclic) bond motifs is 1. The fraction of sp³-hybridized carbons (Fsp3) is 0.278. The van der Waals surface area contributed by atoms with Crippen molar-refractivity contribution in [1.82, 2.24) is 24.8 Å². The SMILES string of the molecule is Nc1ccc(-c2cc(CC3CNCCN3C(=O)O)n3ncnc(N)c23)cc1. The first-order valence-corrected chi connectivity index (χ1v) is 8.72. The summed E-state index contributed by atoms with van der Waals surface area (Å²) in [5, 5.41) is 17.1. The number of nitrogen functional groups attached to an aromatic ring is 2. The van der Waals surface area contributed by atoms with Gasteiger partial charge in [-0.2, -0.15) is 5.10 Å². The zero-order valence-corrected chi connectivity index (χ0v) is 14.7. The minimum Gasteiger partial charge on any atom is -0.465 e. The van der Waals surface area contributed by atoms with E-state index in [0.717, 1.165) is 16.8 Å². The summed E-state index contributed by atoms with van der Waals surface area (Å²) < 4.78 is 1.75. The van der Waals surface area contributed by atoms with Crippen LogP contribution in [0.2, 0.25) is 0 Å². The van der Waals surface area contributed by atoms with Crippen molar-refractivity contribution >= 4 is 23.1 Å². The summed E-state index contributed by atoms with van der Waals surface area (Å²) in [5.41, 5.74) is 16.0. The number of hydrogen-bond donors (Lipinski definition) is 4. The van der Waals surface area contributed by atoms with Crippen LogP contribution in [-0.2, 0) is 6.42 Å². The van der Waals surface area contributed by atoms with Gasteiger partial charge in [-0.05, 0) is 23.8 Å². The van der Waals surface area contributed by atoms with E-state index in [1.165, 1.54) is 11.2 Å². The number of nitrogens with two attached hydrogens (primary N) is 2. The van der Waals surface area contributed by atoms with Crippen LogP contribution in [0.5, 0.6) is 0 Å². The van der Waals surface area contributed by atoms with Crippen LogP contribution in [0.1, 0.15) is 5.69 Å². The summed E-state index contributed by atoms with van der Waals surface area (Å²) in [7, 11) is 0. The lowest BCUT2D eigenvalue weighted by atomic mass is 10.0. The Balaban J connectivity index is 1.78. The van der Waals surface area contributed by atoms with Crippen LogP contribution in [0.25, 0.3) is 16.6 Å². The van der Waals surface area contributed by atoms with Gasteiger partial charge in [0.15, 0.2) is 5.82 Å². The monoisotopic (exact) mass is 367 g/mol. The van der Waals surface area contributed by atoms with Crippen LogP contribution in [0.3, 0.4) is 0 Å². The molecule has 0 saturated carbocycles. The molecule has 0 aliphatic carbocycles. The third kappa shape index (κ3) is 3.13. The number of carbonyl (C=O) groups is 1. The zero-order valence-electron chi connectivity index (χ0n) is 14.7. The van der Waals surface area contributed by atoms with Crippen molar-refractivity contribution in [2.24, 2.45) is 0 Å². The van der Waals surface area contributed by atoms with E-state index >= 15 is 0 Å². The van der Waals surface area contributed by atoms with E-state index in [-0.39, 0.29) is 6.04 Å². The highest BCUT2D eigenvalue weighted by Crippen LogP contribution is 2.31. The lowest BCUT2D eigenvalue weighted by Gasteiger charge is -2.33. The molecular formula is C18H21N7O2. The molecule has 4 rings (SSSR count). The molecule has 0 radical (unpaired) electrons. The number of aromatic nitrogens is 3. The third-order valence-corrected chi connectivity index (χ3v) is 4.92. The second-order valence-electron chi connectivity index (χ2n) is 6.62. The maximum absolute atomic E-state index is 11.6. The van der Waals surface area contributed by atoms with Crippen LogP contribution < -0.4 is 16.8 Å². The summed E-state index contributed by atoms with van der Waals surface area (Å²) >= 11 is 0. The number of benzene rings is 1. The topological polar surface area (TPSA) is 135 Å². The van der Waals surface area contributed by atoms with Crippen molar-refractivity contribution in [3.8, 4) is 11.1 Å². The molecule has 1 amide bonds. The summed E-state index contributed by atoms with van der Waals surface area (Å²) in [5.74, 6) is 0.375. The van der Waals surface area contributed by atoms with Gasteiger partial charge in [-0.25, -0.2) is 14.3 Å². The third-order valence-electron chi connectivity index (χ3n) is 4.92. The van der Waals surface area contributed by atoms with E-state index in [4.69, 9.17) is 11.5 Å². The molecule has 0 bridgehead atoms. The van der Waals surface area contributed by atoms with E-state index in [2.05, 4.69) is 15.4 Å². The van der Waals surface area contributed by atoms with Gasteiger partial charge in [-0.15, -0.1) is 0 Å². The summed E-state index contributed by atoms with van der Waals surface area (Å²) in [4.78, 5) is 17.2. The van der Waals surface area contributed by atoms with Gasteiger partial charge >= 0.3 is 6.09 Å². The number of rotatable bonds is 3. The van der Waals surface area contributed by atoms with Gasteiger partial charge in [-0.3, -0.25) is 0 Å². The van der Waals surface area contributed by atoms with E-state index < -0.39 is 6.09 Å². The van der Waals surface area contributed by atoms with Crippen LogP contribution in [0, 0.1) is 0 Å². The number of piperazine rings is 1. The first-order valence-electron chi connectivity index (χ1n) is 8.72. The first-order chi connectivity index (χ1) is 13.0. The quantitative estimate of drug-likeness (QED) is 0.508. The maximum Gasteiger partial charge on any atom is 0.407 e. The van der Waals surface area contributed by atoms with Gasteiger partial charge in [0.2, 0.25) is 0 Å². The van der Waals surface area contributed by atoms with E-state index in [1.807, 2.05) is 30.3 Å². The van der Waals surface area contributed by atoms with Gasteiger partial charge in [0.25, 0.3) is 0 Å². The number of hydrogen-bond acceptors (Lipinski definition) is 6. The molecule has 3 heterocycles. The van der Waals surface area contributed by atoms with Gasteiger partial charge in [0.05, 0.1) is 6.04 Å². The van der Waals surface area contributed by atoms with E-state index in [9.17, 15) is 9.90 Å². The summed E-state index contributed by atoms with van der Waals surface area (Å²) in [6, 6.07) is 9.33. The largest absolute Gasteiger partial charge is 0.465 e. The molecule has 9 nitrogen and oxygen atoms in total. The summed E-state index contributed by atoms with van der Waals surface area (Å²) in [6.45, 7) is 1.71. The van der Waals surface area contributed by atoms with Crippen LogP contribution in [-0.4, -0.2) is 56.4 Å². The fourth-order valence-corrected chi connectivity index (χ4v) is 3.60. The zero-order chi connectivity index (χ0) is 19.0. The van der Waals surface area contributed by atoms with Gasteiger partial charge < -0.3 is 26.8 Å². The number of anilines is 2. The van der Waals surface area contributed by atoms with Crippen molar-refractivity contribution in [2.45, 2.75) is 12.5 Å². The average Bonchev–Trinajstić information content (AvgIpc) is 3.02. The molecule has 9 heteroatoms. The number of nitrogens with zero attached hydrogens (tertiary/aromatic N) is 4. The van der Waals surface area contributed by atoms with Gasteiger partial charge in [-0.1, -0.05) is 12.1 Å². The molecule has 140 valence electrons. The Hall–Kier alpha value is -3.33. The van der Waals surface area contributed by atoms with Gasteiger partial charge in [0, 0.05) is 43.0 Å². The molecule has 1 atom stereocenters. The van der Waals surface area contributed by atoms with Gasteiger partial charge in [0.1, 0.15) is 11.8 Å². The maximum atomic E-state index is 11.6. The van der Waals surface area contributed by atoms with E-state index in [0.29, 0.717) is 43.1 Å². The number of nitrogens with one attached hydrogen (secondary N) is 1. The molecule has 6 N–H and O–H groups in total. The molecule has 0 spiro atoms. The lowest BCUT2D eigenvalue weighted by Crippen LogP contribution is -2.54. The molecular weight excluding hydrogens is 346 g/mol. The number of amides is 1. The highest BCUT2D eigenvalue weighted by molar-refractivity contribution is 5.88. The van der Waals surface area contributed by atoms with Crippen LogP contribution >= 0.6 is 0 Å². The average molecular weight is 367 g/mol. The van der Waals surface area contributed by atoms with Crippen molar-refractivity contribution in [3.63, 3.8) is 0 Å². The Morgan fingerprint density at radius 3 is 2.81 bits per heavy atom. The highest BCUT2D eigenvalue weighted by Gasteiger charge is 2.28. The molecule has 1 unspecified atom stereocenters. The standard InChI is InChI=1S/C18H21N7O2/c19-12-3-1-11(2-4-12)15-8-13(25-16(15)17(20)22-10-23-25)7-14-9-21-5-6-24(14)18(26)27/h1-4,8,10,14,21H,5-7,9,19H2,(H,26,27)(H2,20,22,23). The second kappa shape index (κ2) is 6.76. The fourth-order valence-electron chi connectivity index (χ4n) is 3.60. The predicted molar refractivity (Wildman–Crippen MR) is 102 cm³/mol. The molecule has 3 aromatic rings. The molecule has 1 aromatic carbocycles. The molecule has 27 heavy (non-hydrogen) atoms. The minimum atomic E-state index is -0.907. The van der Waals surface area contributed by atoms with Crippen molar-refractivity contribution in [3.05, 3.63) is 42.4 Å². The molecule has 1 fully saturated rings.